The normalized spacial score (nSPS) is 19.1. The van der Waals surface area contributed by atoms with Gasteiger partial charge in [-0.2, -0.15) is 0 Å². The number of amides is 1. The minimum Gasteiger partial charge on any atom is -0.376 e. The molecule has 1 atom stereocenters. The van der Waals surface area contributed by atoms with E-state index in [1.165, 1.54) is 41.6 Å². The van der Waals surface area contributed by atoms with Gasteiger partial charge in [0, 0.05) is 37.6 Å². The molecule has 2 saturated heterocycles. The van der Waals surface area contributed by atoms with Gasteiger partial charge in [0.15, 0.2) is 4.34 Å². The molecule has 2 aromatic rings. The number of anilines is 3. The summed E-state index contributed by atoms with van der Waals surface area (Å²) in [5.74, 6) is 0.275. The quantitative estimate of drug-likeness (QED) is 0.634. The van der Waals surface area contributed by atoms with Crippen LogP contribution in [0.3, 0.4) is 0 Å². The van der Waals surface area contributed by atoms with Crippen molar-refractivity contribution in [3.8, 4) is 0 Å². The molecule has 0 unspecified atom stereocenters. The number of ether oxygens (including phenoxy) is 1. The topological polar surface area (TPSA) is 79.4 Å². The second-order valence-electron chi connectivity index (χ2n) is 6.97. The van der Waals surface area contributed by atoms with Crippen LogP contribution in [0.25, 0.3) is 0 Å². The molecule has 28 heavy (non-hydrogen) atoms. The van der Waals surface area contributed by atoms with Gasteiger partial charge in [-0.3, -0.25) is 4.79 Å². The van der Waals surface area contributed by atoms with Crippen LogP contribution in [0.1, 0.15) is 25.7 Å². The Morgan fingerprint density at radius 2 is 2.04 bits per heavy atom. The van der Waals surface area contributed by atoms with Crippen molar-refractivity contribution < 1.29 is 9.53 Å². The van der Waals surface area contributed by atoms with Crippen molar-refractivity contribution in [3.63, 3.8) is 0 Å². The monoisotopic (exact) mass is 419 g/mol. The number of hydrogen-bond acceptors (Lipinski definition) is 8. The van der Waals surface area contributed by atoms with Gasteiger partial charge in [-0.05, 0) is 49.9 Å². The first-order valence-electron chi connectivity index (χ1n) is 9.73. The van der Waals surface area contributed by atoms with Crippen LogP contribution in [0.5, 0.6) is 0 Å². The fraction of sp³-hybridized carbons (Fsp3) is 0.526. The third kappa shape index (κ3) is 5.36. The van der Waals surface area contributed by atoms with Crippen molar-refractivity contribution in [3.05, 3.63) is 24.3 Å². The van der Waals surface area contributed by atoms with Crippen LogP contribution in [0, 0.1) is 0 Å². The molecule has 150 valence electrons. The number of nitrogens with one attached hydrogen (secondary N) is 2. The highest BCUT2D eigenvalue weighted by atomic mass is 32.2. The van der Waals surface area contributed by atoms with Gasteiger partial charge in [-0.15, -0.1) is 10.2 Å². The molecule has 7 nitrogen and oxygen atoms in total. The molecule has 3 heterocycles. The third-order valence-electron chi connectivity index (χ3n) is 4.86. The summed E-state index contributed by atoms with van der Waals surface area (Å²) in [6.07, 6.45) is 4.99. The second-order valence-corrected chi connectivity index (χ2v) is 9.17. The van der Waals surface area contributed by atoms with Crippen molar-refractivity contribution in [1.82, 2.24) is 10.2 Å². The molecule has 2 fully saturated rings. The van der Waals surface area contributed by atoms with Gasteiger partial charge in [0.2, 0.25) is 11.0 Å². The number of thioether (sulfide) groups is 1. The average molecular weight is 420 g/mol. The highest BCUT2D eigenvalue weighted by Gasteiger charge is 2.16. The van der Waals surface area contributed by atoms with Crippen molar-refractivity contribution in [2.75, 3.05) is 47.5 Å². The maximum absolute atomic E-state index is 12.2. The largest absolute Gasteiger partial charge is 0.376 e. The number of rotatable bonds is 8. The van der Waals surface area contributed by atoms with Crippen LogP contribution in [0.2, 0.25) is 0 Å². The van der Waals surface area contributed by atoms with Gasteiger partial charge >= 0.3 is 0 Å². The number of nitrogens with zero attached hydrogens (tertiary/aromatic N) is 3. The smallest absolute Gasteiger partial charge is 0.234 e. The van der Waals surface area contributed by atoms with E-state index in [0.29, 0.717) is 5.75 Å². The molecular weight excluding hydrogens is 394 g/mol. The fourth-order valence-corrected chi connectivity index (χ4v) is 4.96. The molecule has 2 N–H and O–H groups in total. The van der Waals surface area contributed by atoms with E-state index in [1.54, 1.807) is 0 Å². The molecule has 4 rings (SSSR count). The van der Waals surface area contributed by atoms with Crippen LogP contribution >= 0.6 is 23.1 Å². The molecule has 9 heteroatoms. The summed E-state index contributed by atoms with van der Waals surface area (Å²) in [6.45, 7) is 3.84. The number of benzene rings is 1. The first-order chi connectivity index (χ1) is 13.8. The molecule has 1 aromatic heterocycles. The van der Waals surface area contributed by atoms with Gasteiger partial charge in [0.1, 0.15) is 0 Å². The molecule has 0 bridgehead atoms. The number of aromatic nitrogens is 2. The van der Waals surface area contributed by atoms with Crippen molar-refractivity contribution >= 4 is 45.5 Å². The summed E-state index contributed by atoms with van der Waals surface area (Å²) in [5, 5.41) is 15.3. The first-order valence-corrected chi connectivity index (χ1v) is 11.5. The summed E-state index contributed by atoms with van der Waals surface area (Å²) in [4.78, 5) is 14.6. The van der Waals surface area contributed by atoms with Crippen molar-refractivity contribution in [2.24, 2.45) is 0 Å². The predicted octanol–water partition coefficient (Wildman–Crippen LogP) is 3.46. The lowest BCUT2D eigenvalue weighted by Crippen LogP contribution is -2.18. The lowest BCUT2D eigenvalue weighted by Gasteiger charge is -2.17. The molecule has 0 spiro atoms. The Balaban J connectivity index is 1.20. The first kappa shape index (κ1) is 19.5. The maximum Gasteiger partial charge on any atom is 0.234 e. The van der Waals surface area contributed by atoms with Crippen LogP contribution < -0.4 is 15.5 Å². The Hall–Kier alpha value is -1.84. The predicted molar refractivity (Wildman–Crippen MR) is 115 cm³/mol. The molecule has 0 aliphatic carbocycles. The average Bonchev–Trinajstić information content (AvgIpc) is 3.48. The van der Waals surface area contributed by atoms with E-state index in [0.717, 1.165) is 54.2 Å². The van der Waals surface area contributed by atoms with Crippen LogP contribution in [-0.4, -0.2) is 54.2 Å². The van der Waals surface area contributed by atoms with E-state index >= 15 is 0 Å². The lowest BCUT2D eigenvalue weighted by atomic mass is 10.2. The molecular formula is C19H25N5O2S2. The Bertz CT molecular complexity index is 771. The zero-order chi connectivity index (χ0) is 19.2. The van der Waals surface area contributed by atoms with Crippen LogP contribution in [-0.2, 0) is 9.53 Å². The minimum absolute atomic E-state index is 0.0389. The van der Waals surface area contributed by atoms with Gasteiger partial charge in [0.05, 0.1) is 11.9 Å². The Kier molecular flexibility index (Phi) is 6.66. The molecule has 0 saturated carbocycles. The Morgan fingerprint density at radius 3 is 2.79 bits per heavy atom. The standard InChI is InChI=1S/C19H25N5O2S2/c25-17(21-14-5-7-15(8-6-14)24-9-1-2-10-24)13-27-19-23-22-18(28-19)20-12-16-4-3-11-26-16/h5-8,16H,1-4,9-13H2,(H,20,22)(H,21,25)/t16-/m1/s1. The van der Waals surface area contributed by atoms with E-state index < -0.39 is 0 Å². The van der Waals surface area contributed by atoms with Crippen molar-refractivity contribution in [2.45, 2.75) is 36.1 Å². The number of carbonyl (C=O) groups excluding carboxylic acids is 1. The zero-order valence-corrected chi connectivity index (χ0v) is 17.4. The summed E-state index contributed by atoms with van der Waals surface area (Å²) in [5.41, 5.74) is 2.05. The van der Waals surface area contributed by atoms with Gasteiger partial charge in [0.25, 0.3) is 0 Å². The van der Waals surface area contributed by atoms with Gasteiger partial charge in [-0.25, -0.2) is 0 Å². The number of hydrogen-bond donors (Lipinski definition) is 2. The SMILES string of the molecule is O=C(CSc1nnc(NC[C@H]2CCCO2)s1)Nc1ccc(N2CCCC2)cc1. The van der Waals surface area contributed by atoms with E-state index in [2.05, 4.69) is 37.9 Å². The number of carbonyl (C=O) groups is 1. The summed E-state index contributed by atoms with van der Waals surface area (Å²) >= 11 is 2.87. The zero-order valence-electron chi connectivity index (χ0n) is 15.7. The molecule has 0 radical (unpaired) electrons. The molecule has 1 amide bonds. The van der Waals surface area contributed by atoms with E-state index in [4.69, 9.17) is 4.74 Å². The van der Waals surface area contributed by atoms with Crippen molar-refractivity contribution in [1.29, 1.82) is 0 Å². The highest BCUT2D eigenvalue weighted by Crippen LogP contribution is 2.26. The molecule has 2 aliphatic rings. The molecule has 1 aromatic carbocycles. The Morgan fingerprint density at radius 1 is 1.21 bits per heavy atom. The van der Waals surface area contributed by atoms with E-state index in [-0.39, 0.29) is 12.0 Å². The maximum atomic E-state index is 12.2. The van der Waals surface area contributed by atoms with E-state index in [9.17, 15) is 4.79 Å². The lowest BCUT2D eigenvalue weighted by molar-refractivity contribution is -0.113. The van der Waals surface area contributed by atoms with Gasteiger partial charge in [-0.1, -0.05) is 23.1 Å². The highest BCUT2D eigenvalue weighted by molar-refractivity contribution is 8.01. The Labute approximate surface area is 173 Å². The van der Waals surface area contributed by atoms with Crippen LogP contribution in [0.4, 0.5) is 16.5 Å². The summed E-state index contributed by atoms with van der Waals surface area (Å²) in [7, 11) is 0. The van der Waals surface area contributed by atoms with Gasteiger partial charge < -0.3 is 20.3 Å². The second kappa shape index (κ2) is 9.58. The summed E-state index contributed by atoms with van der Waals surface area (Å²) < 4.78 is 6.37. The van der Waals surface area contributed by atoms with Crippen LogP contribution in [0.15, 0.2) is 28.6 Å². The third-order valence-corrected chi connectivity index (χ3v) is 6.87. The minimum atomic E-state index is -0.0389. The molecule has 2 aliphatic heterocycles. The van der Waals surface area contributed by atoms with E-state index in [1.807, 2.05) is 12.1 Å². The summed E-state index contributed by atoms with van der Waals surface area (Å²) in [6, 6.07) is 8.08. The fourth-order valence-electron chi connectivity index (χ4n) is 3.40.